The van der Waals surface area contributed by atoms with Crippen molar-refractivity contribution in [1.82, 2.24) is 19.9 Å². The van der Waals surface area contributed by atoms with Crippen LogP contribution in [0.2, 0.25) is 0 Å². The van der Waals surface area contributed by atoms with Crippen molar-refractivity contribution in [3.63, 3.8) is 0 Å². The van der Waals surface area contributed by atoms with E-state index in [1.54, 1.807) is 16.5 Å². The van der Waals surface area contributed by atoms with E-state index in [1.165, 1.54) is 0 Å². The molecule has 2 atom stereocenters. The highest BCUT2D eigenvalue weighted by atomic mass is 16.3. The van der Waals surface area contributed by atoms with Crippen molar-refractivity contribution in [2.24, 2.45) is 5.92 Å². The number of nitrogens with zero attached hydrogens (tertiary/aromatic N) is 4. The Labute approximate surface area is 123 Å². The Bertz CT molecular complexity index is 664. The SMILES string of the molecule is C[C@H]1CN(C(=O)CCn2nnc3ccccc32)C[C@@]1(C)O. The molecular formula is C15H20N4O2. The molecule has 0 bridgehead atoms. The van der Waals surface area contributed by atoms with Crippen LogP contribution in [0.3, 0.4) is 0 Å². The van der Waals surface area contributed by atoms with E-state index in [-0.39, 0.29) is 11.8 Å². The first-order chi connectivity index (χ1) is 9.97. The number of hydrogen-bond acceptors (Lipinski definition) is 4. The zero-order valence-corrected chi connectivity index (χ0v) is 12.4. The van der Waals surface area contributed by atoms with Gasteiger partial charge in [0.2, 0.25) is 5.91 Å². The summed E-state index contributed by atoms with van der Waals surface area (Å²) in [5, 5.41) is 18.3. The number of carbonyl (C=O) groups is 1. The van der Waals surface area contributed by atoms with Crippen molar-refractivity contribution in [2.75, 3.05) is 13.1 Å². The van der Waals surface area contributed by atoms with E-state index >= 15 is 0 Å². The number of aliphatic hydroxyl groups is 1. The number of aromatic nitrogens is 3. The first-order valence-electron chi connectivity index (χ1n) is 7.26. The van der Waals surface area contributed by atoms with Crippen LogP contribution >= 0.6 is 0 Å². The fraction of sp³-hybridized carbons (Fsp3) is 0.533. The molecule has 3 rings (SSSR count). The van der Waals surface area contributed by atoms with Gasteiger partial charge in [-0.05, 0) is 19.1 Å². The lowest BCUT2D eigenvalue weighted by molar-refractivity contribution is -0.131. The molecule has 0 aliphatic carbocycles. The van der Waals surface area contributed by atoms with Crippen LogP contribution in [0.15, 0.2) is 24.3 Å². The average Bonchev–Trinajstić information content (AvgIpc) is 2.98. The summed E-state index contributed by atoms with van der Waals surface area (Å²) < 4.78 is 1.75. The number of carbonyl (C=O) groups excluding carboxylic acids is 1. The molecule has 1 aliphatic rings. The monoisotopic (exact) mass is 288 g/mol. The zero-order valence-electron chi connectivity index (χ0n) is 12.4. The molecule has 112 valence electrons. The topological polar surface area (TPSA) is 71.2 Å². The predicted octanol–water partition coefficient (Wildman–Crippen LogP) is 1.05. The van der Waals surface area contributed by atoms with Gasteiger partial charge in [0.05, 0.1) is 17.7 Å². The summed E-state index contributed by atoms with van der Waals surface area (Å²) in [6, 6.07) is 7.70. The van der Waals surface area contributed by atoms with Crippen LogP contribution in [0, 0.1) is 5.92 Å². The summed E-state index contributed by atoms with van der Waals surface area (Å²) in [6.07, 6.45) is 0.371. The highest BCUT2D eigenvalue weighted by Gasteiger charge is 2.40. The van der Waals surface area contributed by atoms with Crippen molar-refractivity contribution in [3.05, 3.63) is 24.3 Å². The molecule has 21 heavy (non-hydrogen) atoms. The Hall–Kier alpha value is -1.95. The number of hydrogen-bond donors (Lipinski definition) is 1. The minimum Gasteiger partial charge on any atom is -0.388 e. The van der Waals surface area contributed by atoms with Crippen LogP contribution in [0.25, 0.3) is 11.0 Å². The Kier molecular flexibility index (Phi) is 3.41. The molecule has 2 aromatic rings. The molecule has 1 N–H and O–H groups in total. The number of aryl methyl sites for hydroxylation is 1. The second kappa shape index (κ2) is 5.11. The van der Waals surface area contributed by atoms with Gasteiger partial charge in [-0.15, -0.1) is 5.10 Å². The van der Waals surface area contributed by atoms with Crippen LogP contribution in [0.4, 0.5) is 0 Å². The number of para-hydroxylation sites is 1. The summed E-state index contributed by atoms with van der Waals surface area (Å²) in [7, 11) is 0. The zero-order chi connectivity index (χ0) is 15.0. The van der Waals surface area contributed by atoms with E-state index in [4.69, 9.17) is 0 Å². The largest absolute Gasteiger partial charge is 0.388 e. The van der Waals surface area contributed by atoms with Gasteiger partial charge in [-0.25, -0.2) is 4.68 Å². The molecule has 1 saturated heterocycles. The van der Waals surface area contributed by atoms with Crippen LogP contribution < -0.4 is 0 Å². The Morgan fingerprint density at radius 1 is 1.48 bits per heavy atom. The van der Waals surface area contributed by atoms with Crippen molar-refractivity contribution in [2.45, 2.75) is 32.4 Å². The van der Waals surface area contributed by atoms with Gasteiger partial charge >= 0.3 is 0 Å². The van der Waals surface area contributed by atoms with Crippen molar-refractivity contribution in [3.8, 4) is 0 Å². The summed E-state index contributed by atoms with van der Waals surface area (Å²) in [6.45, 7) is 5.29. The molecule has 0 spiro atoms. The molecule has 6 heteroatoms. The quantitative estimate of drug-likeness (QED) is 0.916. The average molecular weight is 288 g/mol. The van der Waals surface area contributed by atoms with Gasteiger partial charge in [0, 0.05) is 25.4 Å². The molecular weight excluding hydrogens is 268 g/mol. The lowest BCUT2D eigenvalue weighted by Gasteiger charge is -2.20. The second-order valence-electron chi connectivity index (χ2n) is 6.08. The van der Waals surface area contributed by atoms with Gasteiger partial charge < -0.3 is 10.0 Å². The van der Waals surface area contributed by atoms with E-state index in [0.29, 0.717) is 26.1 Å². The maximum atomic E-state index is 12.3. The van der Waals surface area contributed by atoms with Gasteiger partial charge in [0.1, 0.15) is 5.52 Å². The van der Waals surface area contributed by atoms with E-state index < -0.39 is 5.60 Å². The molecule has 6 nitrogen and oxygen atoms in total. The Balaban J connectivity index is 1.64. The van der Waals surface area contributed by atoms with Gasteiger partial charge in [0.15, 0.2) is 0 Å². The lowest BCUT2D eigenvalue weighted by Crippen LogP contribution is -2.35. The maximum Gasteiger partial charge on any atom is 0.224 e. The number of β-amino-alcohol motifs (C(OH)–C–C–N with tert-alkyl or cyclic N) is 1. The molecule has 1 aliphatic heterocycles. The van der Waals surface area contributed by atoms with E-state index in [2.05, 4.69) is 10.3 Å². The first-order valence-corrected chi connectivity index (χ1v) is 7.26. The standard InChI is InChI=1S/C15H20N4O2/c1-11-9-18(10-15(11,2)21)14(20)7-8-19-13-6-4-3-5-12(13)16-17-19/h3-6,11,21H,7-10H2,1-2H3/t11-,15+/m0/s1. The normalized spacial score (nSPS) is 25.7. The maximum absolute atomic E-state index is 12.3. The van der Waals surface area contributed by atoms with Gasteiger partial charge in [-0.1, -0.05) is 24.3 Å². The summed E-state index contributed by atoms with van der Waals surface area (Å²) in [5.74, 6) is 0.160. The van der Waals surface area contributed by atoms with E-state index in [9.17, 15) is 9.90 Å². The third kappa shape index (κ3) is 2.63. The molecule has 0 saturated carbocycles. The fourth-order valence-corrected chi connectivity index (χ4v) is 2.77. The number of rotatable bonds is 3. The molecule has 1 aromatic carbocycles. The van der Waals surface area contributed by atoms with Crippen LogP contribution in [0.5, 0.6) is 0 Å². The molecule has 1 fully saturated rings. The smallest absolute Gasteiger partial charge is 0.224 e. The minimum atomic E-state index is -0.782. The number of fused-ring (bicyclic) bond motifs is 1. The second-order valence-corrected chi connectivity index (χ2v) is 6.08. The third-order valence-corrected chi connectivity index (χ3v) is 4.38. The molecule has 0 radical (unpaired) electrons. The van der Waals surface area contributed by atoms with Crippen molar-refractivity contribution >= 4 is 16.9 Å². The highest BCUT2D eigenvalue weighted by Crippen LogP contribution is 2.27. The van der Waals surface area contributed by atoms with Gasteiger partial charge in [-0.2, -0.15) is 0 Å². The van der Waals surface area contributed by atoms with E-state index in [0.717, 1.165) is 11.0 Å². The third-order valence-electron chi connectivity index (χ3n) is 4.38. The van der Waals surface area contributed by atoms with Crippen LogP contribution in [0.1, 0.15) is 20.3 Å². The molecule has 2 heterocycles. The summed E-state index contributed by atoms with van der Waals surface area (Å²) in [4.78, 5) is 14.0. The van der Waals surface area contributed by atoms with Crippen LogP contribution in [-0.4, -0.2) is 49.6 Å². The van der Waals surface area contributed by atoms with Gasteiger partial charge in [-0.3, -0.25) is 4.79 Å². The molecule has 0 unspecified atom stereocenters. The molecule has 1 aromatic heterocycles. The van der Waals surface area contributed by atoms with Crippen molar-refractivity contribution < 1.29 is 9.90 Å². The lowest BCUT2D eigenvalue weighted by atomic mass is 9.95. The Morgan fingerprint density at radius 3 is 2.95 bits per heavy atom. The van der Waals surface area contributed by atoms with Crippen LogP contribution in [-0.2, 0) is 11.3 Å². The minimum absolute atomic E-state index is 0.0548. The predicted molar refractivity (Wildman–Crippen MR) is 78.5 cm³/mol. The van der Waals surface area contributed by atoms with E-state index in [1.807, 2.05) is 31.2 Å². The number of amides is 1. The summed E-state index contributed by atoms with van der Waals surface area (Å²) in [5.41, 5.74) is 0.991. The number of likely N-dealkylation sites (tertiary alicyclic amines) is 1. The highest BCUT2D eigenvalue weighted by molar-refractivity contribution is 5.77. The Morgan fingerprint density at radius 2 is 2.24 bits per heavy atom. The summed E-state index contributed by atoms with van der Waals surface area (Å²) >= 11 is 0. The number of benzene rings is 1. The van der Waals surface area contributed by atoms with Crippen molar-refractivity contribution in [1.29, 1.82) is 0 Å². The first kappa shape index (κ1) is 14.0. The fourth-order valence-electron chi connectivity index (χ4n) is 2.77. The molecule has 1 amide bonds. The van der Waals surface area contributed by atoms with Gasteiger partial charge in [0.25, 0.3) is 0 Å².